The first-order chi connectivity index (χ1) is 8.66. The molecule has 18 heavy (non-hydrogen) atoms. The van der Waals surface area contributed by atoms with E-state index in [4.69, 9.17) is 4.74 Å². The van der Waals surface area contributed by atoms with Crippen LogP contribution in [-0.4, -0.2) is 18.5 Å². The molecule has 0 spiro atoms. The number of carbonyl (C=O) groups excluding carboxylic acids is 1. The number of hydrogen-bond acceptors (Lipinski definition) is 2. The van der Waals surface area contributed by atoms with Crippen LogP contribution < -0.4 is 0 Å². The van der Waals surface area contributed by atoms with Crippen molar-refractivity contribution in [1.29, 1.82) is 0 Å². The van der Waals surface area contributed by atoms with E-state index in [1.165, 1.54) is 19.3 Å². The number of aryl methyl sites for hydroxylation is 1. The number of hydrogen-bond donors (Lipinski definition) is 0. The van der Waals surface area contributed by atoms with E-state index < -0.39 is 0 Å². The van der Waals surface area contributed by atoms with Gasteiger partial charge in [0.15, 0.2) is 5.78 Å². The summed E-state index contributed by atoms with van der Waals surface area (Å²) in [5.41, 5.74) is 1.88. The third-order valence-electron chi connectivity index (χ3n) is 3.80. The molecule has 2 rings (SSSR count). The largest absolute Gasteiger partial charge is 0.370 e. The summed E-state index contributed by atoms with van der Waals surface area (Å²) in [6, 6.07) is 7.71. The number of carbonyl (C=O) groups is 1. The van der Waals surface area contributed by atoms with Gasteiger partial charge in [0.05, 0.1) is 6.10 Å². The van der Waals surface area contributed by atoms with Crippen LogP contribution in [0.3, 0.4) is 0 Å². The van der Waals surface area contributed by atoms with E-state index in [0.29, 0.717) is 5.92 Å². The van der Waals surface area contributed by atoms with Gasteiger partial charge in [-0.3, -0.25) is 4.79 Å². The van der Waals surface area contributed by atoms with Gasteiger partial charge in [0, 0.05) is 5.56 Å². The van der Waals surface area contributed by atoms with Crippen LogP contribution in [0, 0.1) is 12.8 Å². The Morgan fingerprint density at radius 2 is 2.11 bits per heavy atom. The van der Waals surface area contributed by atoms with Crippen LogP contribution in [-0.2, 0) is 4.74 Å². The third kappa shape index (κ3) is 3.42. The number of Topliss-reactive ketones (excluding diaryl/α,β-unsaturated/α-hetero) is 1. The van der Waals surface area contributed by atoms with Crippen molar-refractivity contribution < 1.29 is 9.53 Å². The van der Waals surface area contributed by atoms with E-state index in [0.717, 1.165) is 17.5 Å². The molecule has 0 bridgehead atoms. The summed E-state index contributed by atoms with van der Waals surface area (Å²) >= 11 is 0. The van der Waals surface area contributed by atoms with Crippen LogP contribution >= 0.6 is 0 Å². The van der Waals surface area contributed by atoms with E-state index >= 15 is 0 Å². The highest BCUT2D eigenvalue weighted by atomic mass is 16.5. The second-order valence-corrected chi connectivity index (χ2v) is 5.40. The Labute approximate surface area is 109 Å². The zero-order chi connectivity index (χ0) is 13.0. The Bertz CT molecular complexity index is 411. The van der Waals surface area contributed by atoms with E-state index in [1.807, 2.05) is 31.2 Å². The smallest absolute Gasteiger partial charge is 0.188 e. The number of benzene rings is 1. The Morgan fingerprint density at radius 3 is 2.83 bits per heavy atom. The lowest BCUT2D eigenvalue weighted by Crippen LogP contribution is -2.27. The topological polar surface area (TPSA) is 26.3 Å². The molecule has 1 aliphatic carbocycles. The van der Waals surface area contributed by atoms with Crippen LogP contribution in [0.2, 0.25) is 0 Å². The highest BCUT2D eigenvalue weighted by Crippen LogP contribution is 2.26. The summed E-state index contributed by atoms with van der Waals surface area (Å²) in [6.07, 6.45) is 5.12. The third-order valence-corrected chi connectivity index (χ3v) is 3.80. The Balaban J connectivity index is 1.88. The summed E-state index contributed by atoms with van der Waals surface area (Å²) in [5.74, 6) is 0.681. The Hall–Kier alpha value is -1.15. The molecule has 2 heteroatoms. The molecule has 98 valence electrons. The van der Waals surface area contributed by atoms with Crippen molar-refractivity contribution in [3.8, 4) is 0 Å². The molecule has 1 saturated carbocycles. The van der Waals surface area contributed by atoms with Crippen LogP contribution in [0.1, 0.15) is 48.5 Å². The van der Waals surface area contributed by atoms with Crippen molar-refractivity contribution in [2.24, 2.45) is 5.92 Å². The van der Waals surface area contributed by atoms with Crippen molar-refractivity contribution in [2.75, 3.05) is 6.61 Å². The lowest BCUT2D eigenvalue weighted by molar-refractivity contribution is 0.000748. The number of ether oxygens (including phenoxy) is 1. The molecule has 0 amide bonds. The van der Waals surface area contributed by atoms with Gasteiger partial charge in [-0.05, 0) is 31.7 Å². The van der Waals surface area contributed by atoms with Gasteiger partial charge in [-0.15, -0.1) is 0 Å². The first kappa shape index (κ1) is 13.3. The van der Waals surface area contributed by atoms with Gasteiger partial charge in [-0.2, -0.15) is 0 Å². The standard InChI is InChI=1S/C16H22O2/c1-12-6-5-8-14(10-12)15(17)11-18-16-9-4-3-7-13(16)2/h5-6,8,10,13,16H,3-4,7,9,11H2,1-2H3. The molecule has 2 atom stereocenters. The summed E-state index contributed by atoms with van der Waals surface area (Å²) in [6.45, 7) is 4.44. The first-order valence-corrected chi connectivity index (χ1v) is 6.88. The molecule has 1 aromatic carbocycles. The molecular formula is C16H22O2. The van der Waals surface area contributed by atoms with Gasteiger partial charge in [0.2, 0.25) is 0 Å². The van der Waals surface area contributed by atoms with Crippen LogP contribution in [0.25, 0.3) is 0 Å². The van der Waals surface area contributed by atoms with Gasteiger partial charge in [0.1, 0.15) is 6.61 Å². The monoisotopic (exact) mass is 246 g/mol. The first-order valence-electron chi connectivity index (χ1n) is 6.88. The fourth-order valence-corrected chi connectivity index (χ4v) is 2.61. The van der Waals surface area contributed by atoms with Gasteiger partial charge >= 0.3 is 0 Å². The lowest BCUT2D eigenvalue weighted by Gasteiger charge is -2.28. The molecule has 0 aromatic heterocycles. The quantitative estimate of drug-likeness (QED) is 0.756. The average Bonchev–Trinajstić information content (AvgIpc) is 2.37. The summed E-state index contributed by atoms with van der Waals surface area (Å²) in [7, 11) is 0. The maximum Gasteiger partial charge on any atom is 0.188 e. The van der Waals surface area contributed by atoms with Crippen molar-refractivity contribution in [3.63, 3.8) is 0 Å². The molecule has 0 saturated heterocycles. The molecule has 0 heterocycles. The van der Waals surface area contributed by atoms with Crippen molar-refractivity contribution in [3.05, 3.63) is 35.4 Å². The second-order valence-electron chi connectivity index (χ2n) is 5.40. The second kappa shape index (κ2) is 6.14. The molecule has 1 fully saturated rings. The lowest BCUT2D eigenvalue weighted by atomic mass is 9.88. The molecule has 0 N–H and O–H groups in total. The fourth-order valence-electron chi connectivity index (χ4n) is 2.61. The van der Waals surface area contributed by atoms with Gasteiger partial charge in [-0.25, -0.2) is 0 Å². The molecule has 2 unspecified atom stereocenters. The summed E-state index contributed by atoms with van der Waals surface area (Å²) in [4.78, 5) is 12.0. The van der Waals surface area contributed by atoms with Crippen molar-refractivity contribution in [2.45, 2.75) is 45.6 Å². The minimum Gasteiger partial charge on any atom is -0.370 e. The SMILES string of the molecule is Cc1cccc(C(=O)COC2CCCCC2C)c1. The van der Waals surface area contributed by atoms with Gasteiger partial charge < -0.3 is 4.74 Å². The number of ketones is 1. The predicted molar refractivity (Wildman–Crippen MR) is 72.9 cm³/mol. The van der Waals surface area contributed by atoms with Gasteiger partial charge in [0.25, 0.3) is 0 Å². The Kier molecular flexibility index (Phi) is 4.54. The Morgan fingerprint density at radius 1 is 1.33 bits per heavy atom. The van der Waals surface area contributed by atoms with Crippen LogP contribution in [0.15, 0.2) is 24.3 Å². The highest BCUT2D eigenvalue weighted by Gasteiger charge is 2.22. The molecule has 1 aliphatic rings. The molecule has 2 nitrogen and oxygen atoms in total. The normalized spacial score (nSPS) is 23.9. The van der Waals surface area contributed by atoms with Crippen LogP contribution in [0.4, 0.5) is 0 Å². The van der Waals surface area contributed by atoms with E-state index in [-0.39, 0.29) is 18.5 Å². The maximum atomic E-state index is 12.0. The van der Waals surface area contributed by atoms with Gasteiger partial charge in [-0.1, -0.05) is 43.5 Å². The minimum absolute atomic E-state index is 0.0940. The van der Waals surface area contributed by atoms with E-state index in [1.54, 1.807) is 0 Å². The summed E-state index contributed by atoms with van der Waals surface area (Å²) in [5, 5.41) is 0. The average molecular weight is 246 g/mol. The molecule has 1 aromatic rings. The molecule has 0 aliphatic heterocycles. The summed E-state index contributed by atoms with van der Waals surface area (Å²) < 4.78 is 5.80. The van der Waals surface area contributed by atoms with Crippen molar-refractivity contribution >= 4 is 5.78 Å². The maximum absolute atomic E-state index is 12.0. The van der Waals surface area contributed by atoms with Crippen LogP contribution in [0.5, 0.6) is 0 Å². The zero-order valence-electron chi connectivity index (χ0n) is 11.3. The number of rotatable bonds is 4. The highest BCUT2D eigenvalue weighted by molar-refractivity contribution is 5.97. The van der Waals surface area contributed by atoms with E-state index in [2.05, 4.69) is 6.92 Å². The molecular weight excluding hydrogens is 224 g/mol. The minimum atomic E-state index is 0.0940. The fraction of sp³-hybridized carbons (Fsp3) is 0.562. The zero-order valence-corrected chi connectivity index (χ0v) is 11.3. The molecule has 0 radical (unpaired) electrons. The predicted octanol–water partition coefficient (Wildman–Crippen LogP) is 3.77. The van der Waals surface area contributed by atoms with Crippen molar-refractivity contribution in [1.82, 2.24) is 0 Å². The van der Waals surface area contributed by atoms with E-state index in [9.17, 15) is 4.79 Å².